The standard InChI is InChI=1S/C12H18F3NO3S/c1-20(18,19)11(5-2-3-6-11)10(17)16-7-4-9(8-16)12(13,14)15/h9H,2-8H2,1H3. The minimum atomic E-state index is -4.33. The summed E-state index contributed by atoms with van der Waals surface area (Å²) in [4.78, 5) is 13.6. The van der Waals surface area contributed by atoms with Crippen LogP contribution in [0.2, 0.25) is 0 Å². The van der Waals surface area contributed by atoms with E-state index < -0.39 is 39.1 Å². The highest BCUT2D eigenvalue weighted by atomic mass is 32.2. The number of carbonyl (C=O) groups excluding carboxylic acids is 1. The Hall–Kier alpha value is -0.790. The number of likely N-dealkylation sites (tertiary alicyclic amines) is 1. The van der Waals surface area contributed by atoms with Crippen LogP contribution in [0.3, 0.4) is 0 Å². The first kappa shape index (κ1) is 15.6. The largest absolute Gasteiger partial charge is 0.393 e. The summed E-state index contributed by atoms with van der Waals surface area (Å²) in [6.45, 7) is -0.431. The molecule has 2 aliphatic rings. The Labute approximate surface area is 116 Å². The van der Waals surface area contributed by atoms with E-state index in [1.54, 1.807) is 0 Å². The van der Waals surface area contributed by atoms with E-state index in [1.807, 2.05) is 0 Å². The van der Waals surface area contributed by atoms with Crippen molar-refractivity contribution in [2.45, 2.75) is 43.0 Å². The zero-order chi connectivity index (χ0) is 15.2. The van der Waals surface area contributed by atoms with E-state index in [0.717, 1.165) is 11.2 Å². The quantitative estimate of drug-likeness (QED) is 0.780. The molecule has 1 atom stereocenters. The maximum Gasteiger partial charge on any atom is 0.393 e. The summed E-state index contributed by atoms with van der Waals surface area (Å²) in [5.41, 5.74) is 0. The minimum Gasteiger partial charge on any atom is -0.341 e. The van der Waals surface area contributed by atoms with Crippen molar-refractivity contribution in [1.82, 2.24) is 4.90 Å². The van der Waals surface area contributed by atoms with Crippen LogP contribution >= 0.6 is 0 Å². The molecule has 0 aromatic rings. The molecule has 1 aliphatic carbocycles. The number of alkyl halides is 3. The van der Waals surface area contributed by atoms with Crippen molar-refractivity contribution >= 4 is 15.7 Å². The second-order valence-electron chi connectivity index (χ2n) is 5.75. The first-order chi connectivity index (χ1) is 9.08. The molecule has 1 aliphatic heterocycles. The predicted octanol–water partition coefficient (Wildman–Crippen LogP) is 1.75. The van der Waals surface area contributed by atoms with Gasteiger partial charge in [0.25, 0.3) is 0 Å². The molecule has 2 fully saturated rings. The number of sulfone groups is 1. The van der Waals surface area contributed by atoms with Crippen LogP contribution in [0, 0.1) is 5.92 Å². The van der Waals surface area contributed by atoms with Crippen LogP contribution in [0.15, 0.2) is 0 Å². The van der Waals surface area contributed by atoms with E-state index in [2.05, 4.69) is 0 Å². The molecule has 2 rings (SSSR count). The smallest absolute Gasteiger partial charge is 0.341 e. The molecule has 1 saturated heterocycles. The normalized spacial score (nSPS) is 27.0. The fourth-order valence-electron chi connectivity index (χ4n) is 3.19. The van der Waals surface area contributed by atoms with Crippen LogP contribution < -0.4 is 0 Å². The maximum atomic E-state index is 12.6. The average molecular weight is 313 g/mol. The van der Waals surface area contributed by atoms with Crippen LogP contribution in [-0.4, -0.2) is 49.5 Å². The summed E-state index contributed by atoms with van der Waals surface area (Å²) in [6.07, 6.45) is -1.79. The van der Waals surface area contributed by atoms with Gasteiger partial charge in [0.2, 0.25) is 5.91 Å². The number of nitrogens with zero attached hydrogens (tertiary/aromatic N) is 1. The summed E-state index contributed by atoms with van der Waals surface area (Å²) in [7, 11) is -3.63. The second kappa shape index (κ2) is 4.89. The van der Waals surface area contributed by atoms with Gasteiger partial charge in [-0.15, -0.1) is 0 Å². The van der Waals surface area contributed by atoms with Gasteiger partial charge in [-0.05, 0) is 19.3 Å². The molecule has 1 saturated carbocycles. The van der Waals surface area contributed by atoms with Crippen molar-refractivity contribution in [2.24, 2.45) is 5.92 Å². The topological polar surface area (TPSA) is 54.5 Å². The van der Waals surface area contributed by atoms with Crippen LogP contribution in [0.4, 0.5) is 13.2 Å². The number of carbonyl (C=O) groups is 1. The van der Waals surface area contributed by atoms with Crippen LogP contribution in [0.25, 0.3) is 0 Å². The monoisotopic (exact) mass is 313 g/mol. The van der Waals surface area contributed by atoms with Crippen molar-refractivity contribution in [3.05, 3.63) is 0 Å². The summed E-state index contributed by atoms with van der Waals surface area (Å²) in [6, 6.07) is 0. The van der Waals surface area contributed by atoms with Gasteiger partial charge >= 0.3 is 6.18 Å². The van der Waals surface area contributed by atoms with Gasteiger partial charge in [-0.25, -0.2) is 8.42 Å². The molecule has 0 spiro atoms. The van der Waals surface area contributed by atoms with Crippen LogP contribution in [0.5, 0.6) is 0 Å². The third-order valence-electron chi connectivity index (χ3n) is 4.45. The molecule has 116 valence electrons. The molecule has 4 nitrogen and oxygen atoms in total. The SMILES string of the molecule is CS(=O)(=O)C1(C(=O)N2CCC(C(F)(F)F)C2)CCCC1. The predicted molar refractivity (Wildman–Crippen MR) is 66.8 cm³/mol. The van der Waals surface area contributed by atoms with E-state index in [0.29, 0.717) is 12.8 Å². The van der Waals surface area contributed by atoms with Gasteiger partial charge in [0.05, 0.1) is 5.92 Å². The average Bonchev–Trinajstić information content (AvgIpc) is 2.96. The lowest BCUT2D eigenvalue weighted by Crippen LogP contribution is -2.51. The van der Waals surface area contributed by atoms with Crippen molar-refractivity contribution in [3.8, 4) is 0 Å². The molecule has 0 aromatic heterocycles. The maximum absolute atomic E-state index is 12.6. The Morgan fingerprint density at radius 2 is 1.80 bits per heavy atom. The Balaban J connectivity index is 2.20. The molecule has 0 N–H and O–H groups in total. The third-order valence-corrected chi connectivity index (χ3v) is 6.45. The molecular weight excluding hydrogens is 295 g/mol. The molecule has 1 amide bonds. The van der Waals surface area contributed by atoms with E-state index in [-0.39, 0.29) is 25.8 Å². The Bertz CT molecular complexity index is 495. The van der Waals surface area contributed by atoms with E-state index in [9.17, 15) is 26.4 Å². The molecule has 20 heavy (non-hydrogen) atoms. The molecule has 0 radical (unpaired) electrons. The number of amides is 1. The van der Waals surface area contributed by atoms with Crippen molar-refractivity contribution in [1.29, 1.82) is 0 Å². The number of hydrogen-bond donors (Lipinski definition) is 0. The molecule has 8 heteroatoms. The number of rotatable bonds is 2. The summed E-state index contributed by atoms with van der Waals surface area (Å²) >= 11 is 0. The van der Waals surface area contributed by atoms with Crippen molar-refractivity contribution in [2.75, 3.05) is 19.3 Å². The summed E-state index contributed by atoms with van der Waals surface area (Å²) < 4.78 is 60.4. The Morgan fingerprint density at radius 3 is 2.20 bits per heavy atom. The highest BCUT2D eigenvalue weighted by Gasteiger charge is 2.54. The second-order valence-corrected chi connectivity index (χ2v) is 8.08. The van der Waals surface area contributed by atoms with Gasteiger partial charge in [0, 0.05) is 19.3 Å². The molecule has 1 heterocycles. The van der Waals surface area contributed by atoms with E-state index in [1.165, 1.54) is 0 Å². The molecule has 0 bridgehead atoms. The lowest BCUT2D eigenvalue weighted by atomic mass is 10.1. The van der Waals surface area contributed by atoms with Gasteiger partial charge in [-0.2, -0.15) is 13.2 Å². The number of halogens is 3. The molecule has 0 aromatic carbocycles. The van der Waals surface area contributed by atoms with Gasteiger partial charge in [0.1, 0.15) is 0 Å². The van der Waals surface area contributed by atoms with E-state index in [4.69, 9.17) is 0 Å². The third kappa shape index (κ3) is 2.54. The minimum absolute atomic E-state index is 0.0136. The first-order valence-corrected chi connectivity index (χ1v) is 8.53. The fourth-order valence-corrected chi connectivity index (χ4v) is 4.67. The van der Waals surface area contributed by atoms with Crippen molar-refractivity contribution < 1.29 is 26.4 Å². The van der Waals surface area contributed by atoms with Gasteiger partial charge in [-0.3, -0.25) is 4.79 Å². The van der Waals surface area contributed by atoms with Crippen LogP contribution in [-0.2, 0) is 14.6 Å². The lowest BCUT2D eigenvalue weighted by molar-refractivity contribution is -0.171. The zero-order valence-corrected chi connectivity index (χ0v) is 12.1. The highest BCUT2D eigenvalue weighted by molar-refractivity contribution is 7.92. The van der Waals surface area contributed by atoms with E-state index >= 15 is 0 Å². The van der Waals surface area contributed by atoms with Gasteiger partial charge in [-0.1, -0.05) is 12.8 Å². The number of hydrogen-bond acceptors (Lipinski definition) is 3. The Kier molecular flexibility index (Phi) is 3.81. The first-order valence-electron chi connectivity index (χ1n) is 6.64. The highest BCUT2D eigenvalue weighted by Crippen LogP contribution is 2.41. The molecular formula is C12H18F3NO3S. The Morgan fingerprint density at radius 1 is 1.25 bits per heavy atom. The lowest BCUT2D eigenvalue weighted by Gasteiger charge is -2.30. The fraction of sp³-hybridized carbons (Fsp3) is 0.917. The summed E-state index contributed by atoms with van der Waals surface area (Å²) in [5, 5.41) is 0. The molecule has 1 unspecified atom stereocenters. The zero-order valence-electron chi connectivity index (χ0n) is 11.2. The van der Waals surface area contributed by atoms with Crippen LogP contribution in [0.1, 0.15) is 32.1 Å². The van der Waals surface area contributed by atoms with Gasteiger partial charge < -0.3 is 4.90 Å². The van der Waals surface area contributed by atoms with Crippen molar-refractivity contribution in [3.63, 3.8) is 0 Å². The summed E-state index contributed by atoms with van der Waals surface area (Å²) in [5.74, 6) is -2.17. The van der Waals surface area contributed by atoms with Gasteiger partial charge in [0.15, 0.2) is 14.6 Å².